The first-order chi connectivity index (χ1) is 7.18. The van der Waals surface area contributed by atoms with Crippen LogP contribution in [0.1, 0.15) is 64.2 Å². The second kappa shape index (κ2) is 4.65. The van der Waals surface area contributed by atoms with Gasteiger partial charge in [-0.2, -0.15) is 0 Å². The van der Waals surface area contributed by atoms with Gasteiger partial charge < -0.3 is 5.73 Å². The zero-order valence-corrected chi connectivity index (χ0v) is 9.63. The van der Waals surface area contributed by atoms with Crippen molar-refractivity contribution in [2.24, 2.45) is 11.7 Å². The summed E-state index contributed by atoms with van der Waals surface area (Å²) in [6.07, 6.45) is 11.2. The van der Waals surface area contributed by atoms with Gasteiger partial charge >= 0.3 is 0 Å². The second-order valence-electron chi connectivity index (χ2n) is 5.64. The summed E-state index contributed by atoms with van der Waals surface area (Å²) in [4.78, 5) is 11.8. The highest BCUT2D eigenvalue weighted by Crippen LogP contribution is 2.33. The number of hydrogen-bond acceptors (Lipinski definition) is 2. The van der Waals surface area contributed by atoms with Gasteiger partial charge in [-0.05, 0) is 18.8 Å². The van der Waals surface area contributed by atoms with E-state index in [4.69, 9.17) is 5.73 Å². The first-order valence-corrected chi connectivity index (χ1v) is 6.49. The minimum absolute atomic E-state index is 0.140. The Morgan fingerprint density at radius 1 is 1.13 bits per heavy atom. The quantitative estimate of drug-likeness (QED) is 0.773. The van der Waals surface area contributed by atoms with Gasteiger partial charge in [-0.1, -0.05) is 38.5 Å². The van der Waals surface area contributed by atoms with Crippen molar-refractivity contribution in [2.75, 3.05) is 0 Å². The highest BCUT2D eigenvalue weighted by molar-refractivity contribution is 5.80. The molecule has 2 rings (SSSR count). The largest absolute Gasteiger partial charge is 0.325 e. The molecule has 0 bridgehead atoms. The average molecular weight is 209 g/mol. The molecule has 2 heteroatoms. The zero-order chi connectivity index (χ0) is 10.7. The molecule has 2 saturated carbocycles. The third-order valence-corrected chi connectivity index (χ3v) is 4.14. The minimum atomic E-state index is -0.140. The molecule has 0 amide bonds. The zero-order valence-electron chi connectivity index (χ0n) is 9.63. The van der Waals surface area contributed by atoms with Crippen LogP contribution in [0.5, 0.6) is 0 Å². The second-order valence-corrected chi connectivity index (χ2v) is 5.64. The lowest BCUT2D eigenvalue weighted by atomic mass is 9.76. The van der Waals surface area contributed by atoms with Gasteiger partial charge in [0, 0.05) is 18.4 Å². The Hall–Kier alpha value is -0.370. The van der Waals surface area contributed by atoms with E-state index in [0.717, 1.165) is 19.3 Å². The van der Waals surface area contributed by atoms with Crippen molar-refractivity contribution in [1.82, 2.24) is 0 Å². The maximum Gasteiger partial charge on any atom is 0.135 e. The van der Waals surface area contributed by atoms with E-state index < -0.39 is 0 Å². The van der Waals surface area contributed by atoms with Gasteiger partial charge in [-0.15, -0.1) is 0 Å². The minimum Gasteiger partial charge on any atom is -0.325 e. The fourth-order valence-corrected chi connectivity index (χ4v) is 2.92. The van der Waals surface area contributed by atoms with E-state index in [0.29, 0.717) is 18.1 Å². The van der Waals surface area contributed by atoms with Crippen LogP contribution in [-0.4, -0.2) is 11.3 Å². The standard InChI is InChI=1S/C13H23NO/c14-13(7-2-1-3-8-13)10-12(15)9-11-5-4-6-11/h11H,1-10,14H2. The van der Waals surface area contributed by atoms with Crippen LogP contribution in [0, 0.1) is 5.92 Å². The third kappa shape index (κ3) is 3.04. The summed E-state index contributed by atoms with van der Waals surface area (Å²) in [6.45, 7) is 0. The molecule has 2 aliphatic carbocycles. The number of carbonyl (C=O) groups is 1. The molecule has 0 aromatic carbocycles. The van der Waals surface area contributed by atoms with Gasteiger partial charge in [0.05, 0.1) is 0 Å². The average Bonchev–Trinajstić information content (AvgIpc) is 2.12. The summed E-state index contributed by atoms with van der Waals surface area (Å²) in [7, 11) is 0. The van der Waals surface area contributed by atoms with Gasteiger partial charge in [-0.25, -0.2) is 0 Å². The molecule has 15 heavy (non-hydrogen) atoms. The van der Waals surface area contributed by atoms with Crippen LogP contribution in [0.2, 0.25) is 0 Å². The molecule has 0 radical (unpaired) electrons. The molecular weight excluding hydrogens is 186 g/mol. The Morgan fingerprint density at radius 3 is 2.33 bits per heavy atom. The molecule has 0 unspecified atom stereocenters. The predicted octanol–water partition coefficient (Wildman–Crippen LogP) is 2.80. The molecule has 0 saturated heterocycles. The molecule has 0 aromatic rings. The number of carbonyl (C=O) groups excluding carboxylic acids is 1. The molecule has 0 atom stereocenters. The number of nitrogens with two attached hydrogens (primary N) is 1. The first-order valence-electron chi connectivity index (χ1n) is 6.49. The fraction of sp³-hybridized carbons (Fsp3) is 0.923. The molecule has 2 N–H and O–H groups in total. The number of ketones is 1. The van der Waals surface area contributed by atoms with Crippen molar-refractivity contribution < 1.29 is 4.79 Å². The normalized spacial score (nSPS) is 25.9. The fourth-order valence-electron chi connectivity index (χ4n) is 2.92. The highest BCUT2D eigenvalue weighted by Gasteiger charge is 2.31. The highest BCUT2D eigenvalue weighted by atomic mass is 16.1. The number of Topliss-reactive ketones (excluding diaryl/α,β-unsaturated/α-hetero) is 1. The van der Waals surface area contributed by atoms with E-state index >= 15 is 0 Å². The van der Waals surface area contributed by atoms with E-state index in [9.17, 15) is 4.79 Å². The monoisotopic (exact) mass is 209 g/mol. The van der Waals surface area contributed by atoms with Crippen molar-refractivity contribution in [1.29, 1.82) is 0 Å². The molecule has 86 valence electrons. The molecule has 0 heterocycles. The summed E-state index contributed by atoms with van der Waals surface area (Å²) in [5, 5.41) is 0. The van der Waals surface area contributed by atoms with Crippen molar-refractivity contribution in [3.05, 3.63) is 0 Å². The molecule has 0 spiro atoms. The topological polar surface area (TPSA) is 43.1 Å². The van der Waals surface area contributed by atoms with E-state index in [-0.39, 0.29) is 5.54 Å². The Kier molecular flexibility index (Phi) is 3.45. The maximum absolute atomic E-state index is 11.8. The van der Waals surface area contributed by atoms with Crippen molar-refractivity contribution >= 4 is 5.78 Å². The van der Waals surface area contributed by atoms with Crippen LogP contribution in [0.4, 0.5) is 0 Å². The van der Waals surface area contributed by atoms with E-state index in [1.54, 1.807) is 0 Å². The molecule has 2 aliphatic rings. The van der Waals surface area contributed by atoms with Gasteiger partial charge in [0.1, 0.15) is 5.78 Å². The van der Waals surface area contributed by atoms with Gasteiger partial charge in [-0.3, -0.25) is 4.79 Å². The summed E-state index contributed by atoms with van der Waals surface area (Å²) in [6, 6.07) is 0. The van der Waals surface area contributed by atoms with Crippen LogP contribution in [-0.2, 0) is 4.79 Å². The van der Waals surface area contributed by atoms with Crippen molar-refractivity contribution in [3.63, 3.8) is 0 Å². The van der Waals surface area contributed by atoms with Crippen molar-refractivity contribution in [2.45, 2.75) is 69.7 Å². The lowest BCUT2D eigenvalue weighted by Gasteiger charge is -2.34. The SMILES string of the molecule is NC1(CC(=O)CC2CCC2)CCCCC1. The summed E-state index contributed by atoms with van der Waals surface area (Å²) in [5.41, 5.74) is 6.13. The molecular formula is C13H23NO. The predicted molar refractivity (Wildman–Crippen MR) is 61.6 cm³/mol. The molecule has 2 fully saturated rings. The van der Waals surface area contributed by atoms with Gasteiger partial charge in [0.2, 0.25) is 0 Å². The lowest BCUT2D eigenvalue weighted by Crippen LogP contribution is -2.43. The lowest BCUT2D eigenvalue weighted by molar-refractivity contribution is -0.122. The van der Waals surface area contributed by atoms with Crippen LogP contribution >= 0.6 is 0 Å². The summed E-state index contributed by atoms with van der Waals surface area (Å²) in [5.74, 6) is 1.12. The Morgan fingerprint density at radius 2 is 1.80 bits per heavy atom. The maximum atomic E-state index is 11.8. The van der Waals surface area contributed by atoms with Crippen LogP contribution in [0.15, 0.2) is 0 Å². The van der Waals surface area contributed by atoms with Gasteiger partial charge in [0.25, 0.3) is 0 Å². The Bertz CT molecular complexity index is 227. The van der Waals surface area contributed by atoms with E-state index in [1.165, 1.54) is 38.5 Å². The summed E-state index contributed by atoms with van der Waals surface area (Å²) >= 11 is 0. The molecule has 2 nitrogen and oxygen atoms in total. The number of hydrogen-bond donors (Lipinski definition) is 1. The summed E-state index contributed by atoms with van der Waals surface area (Å²) < 4.78 is 0. The van der Waals surface area contributed by atoms with Gasteiger partial charge in [0.15, 0.2) is 0 Å². The van der Waals surface area contributed by atoms with Crippen LogP contribution in [0.25, 0.3) is 0 Å². The molecule has 0 aromatic heterocycles. The van der Waals surface area contributed by atoms with Crippen molar-refractivity contribution in [3.8, 4) is 0 Å². The molecule has 0 aliphatic heterocycles. The Labute approximate surface area is 92.6 Å². The van der Waals surface area contributed by atoms with Crippen LogP contribution < -0.4 is 5.73 Å². The number of rotatable bonds is 4. The third-order valence-electron chi connectivity index (χ3n) is 4.14. The first kappa shape index (κ1) is 11.1. The van der Waals surface area contributed by atoms with E-state index in [1.807, 2.05) is 0 Å². The van der Waals surface area contributed by atoms with Crippen LogP contribution in [0.3, 0.4) is 0 Å². The Balaban J connectivity index is 1.75. The van der Waals surface area contributed by atoms with E-state index in [2.05, 4.69) is 0 Å². The smallest absolute Gasteiger partial charge is 0.135 e.